The van der Waals surface area contributed by atoms with Crippen LogP contribution in [0.15, 0.2) is 0 Å². The molecule has 1 saturated carbocycles. The molecular weight excluding hydrogens is 230 g/mol. The van der Waals surface area contributed by atoms with Crippen LogP contribution in [0.2, 0.25) is 0 Å². The minimum Gasteiger partial charge on any atom is -0.344 e. The molecule has 3 nitrogen and oxygen atoms in total. The molecule has 0 N–H and O–H groups in total. The number of anilines is 1. The second kappa shape index (κ2) is 5.12. The van der Waals surface area contributed by atoms with Crippen LogP contribution in [0, 0.1) is 6.92 Å². The summed E-state index contributed by atoms with van der Waals surface area (Å²) in [5.41, 5.74) is 0. The average molecular weight is 246 g/mol. The maximum absolute atomic E-state index is 5.74. The van der Waals surface area contributed by atoms with Gasteiger partial charge in [0, 0.05) is 18.5 Å². The summed E-state index contributed by atoms with van der Waals surface area (Å²) < 4.78 is 0. The summed E-state index contributed by atoms with van der Waals surface area (Å²) in [5, 5.41) is 10.4. The highest BCUT2D eigenvalue weighted by molar-refractivity contribution is 7.15. The largest absolute Gasteiger partial charge is 0.344 e. The Kier molecular flexibility index (Phi) is 3.81. The van der Waals surface area contributed by atoms with Crippen molar-refractivity contribution in [3.05, 3.63) is 5.01 Å². The topological polar surface area (TPSA) is 29.0 Å². The van der Waals surface area contributed by atoms with Crippen molar-refractivity contribution in [2.45, 2.75) is 38.6 Å². The lowest BCUT2D eigenvalue weighted by Crippen LogP contribution is -2.41. The van der Waals surface area contributed by atoms with Gasteiger partial charge in [-0.05, 0) is 32.6 Å². The number of hydrogen-bond acceptors (Lipinski definition) is 4. The monoisotopic (exact) mass is 245 g/mol. The SMILES string of the molecule is Cc1nnc(N(CCCCl)C2CCC2)s1. The Hall–Kier alpha value is -0.350. The van der Waals surface area contributed by atoms with E-state index in [1.807, 2.05) is 6.92 Å². The highest BCUT2D eigenvalue weighted by Gasteiger charge is 2.26. The fourth-order valence-corrected chi connectivity index (χ4v) is 2.67. The summed E-state index contributed by atoms with van der Waals surface area (Å²) in [5.74, 6) is 0.723. The molecule has 1 heterocycles. The first-order valence-corrected chi connectivity index (χ1v) is 6.79. The molecule has 5 heteroatoms. The quantitative estimate of drug-likeness (QED) is 0.747. The Morgan fingerprint density at radius 1 is 1.47 bits per heavy atom. The number of aromatic nitrogens is 2. The molecule has 2 rings (SSSR count). The minimum absolute atomic E-state index is 0.681. The van der Waals surface area contributed by atoms with Crippen LogP contribution < -0.4 is 4.90 Å². The average Bonchev–Trinajstić information content (AvgIpc) is 2.56. The molecule has 0 aliphatic heterocycles. The van der Waals surface area contributed by atoms with Crippen molar-refractivity contribution in [1.82, 2.24) is 10.2 Å². The van der Waals surface area contributed by atoms with Gasteiger partial charge in [0.1, 0.15) is 5.01 Å². The Morgan fingerprint density at radius 3 is 2.73 bits per heavy atom. The van der Waals surface area contributed by atoms with E-state index in [1.54, 1.807) is 11.3 Å². The smallest absolute Gasteiger partial charge is 0.208 e. The Morgan fingerprint density at radius 2 is 2.27 bits per heavy atom. The van der Waals surface area contributed by atoms with E-state index in [0.29, 0.717) is 6.04 Å². The number of hydrogen-bond donors (Lipinski definition) is 0. The van der Waals surface area contributed by atoms with Gasteiger partial charge in [0.15, 0.2) is 0 Å². The van der Waals surface area contributed by atoms with Crippen molar-refractivity contribution >= 4 is 28.1 Å². The van der Waals surface area contributed by atoms with Crippen LogP contribution in [0.4, 0.5) is 5.13 Å². The molecule has 1 aromatic heterocycles. The Labute approximate surface area is 99.5 Å². The molecule has 0 spiro atoms. The molecule has 0 bridgehead atoms. The van der Waals surface area contributed by atoms with Crippen LogP contribution in [-0.2, 0) is 0 Å². The molecule has 15 heavy (non-hydrogen) atoms. The zero-order valence-corrected chi connectivity index (χ0v) is 10.5. The number of halogens is 1. The zero-order chi connectivity index (χ0) is 10.7. The lowest BCUT2D eigenvalue weighted by Gasteiger charge is -2.37. The summed E-state index contributed by atoms with van der Waals surface area (Å²) in [4.78, 5) is 2.39. The van der Waals surface area contributed by atoms with Gasteiger partial charge in [-0.1, -0.05) is 11.3 Å². The maximum atomic E-state index is 5.74. The highest BCUT2D eigenvalue weighted by atomic mass is 35.5. The third-order valence-electron chi connectivity index (χ3n) is 2.81. The molecule has 1 aliphatic carbocycles. The molecule has 0 atom stereocenters. The van der Waals surface area contributed by atoms with Gasteiger partial charge < -0.3 is 4.90 Å². The molecule has 0 amide bonds. The van der Waals surface area contributed by atoms with Gasteiger partial charge in [0.05, 0.1) is 0 Å². The van der Waals surface area contributed by atoms with Gasteiger partial charge in [-0.15, -0.1) is 21.8 Å². The van der Waals surface area contributed by atoms with Crippen molar-refractivity contribution in [3.8, 4) is 0 Å². The van der Waals surface area contributed by atoms with Gasteiger partial charge in [0.2, 0.25) is 5.13 Å². The summed E-state index contributed by atoms with van der Waals surface area (Å²) in [7, 11) is 0. The summed E-state index contributed by atoms with van der Waals surface area (Å²) in [6.45, 7) is 3.02. The fourth-order valence-electron chi connectivity index (χ4n) is 1.77. The second-order valence-corrected chi connectivity index (χ2v) is 5.46. The van der Waals surface area contributed by atoms with E-state index in [2.05, 4.69) is 15.1 Å². The van der Waals surface area contributed by atoms with Gasteiger partial charge in [-0.3, -0.25) is 0 Å². The van der Waals surface area contributed by atoms with Crippen LogP contribution in [-0.4, -0.2) is 28.7 Å². The van der Waals surface area contributed by atoms with Crippen LogP contribution in [0.25, 0.3) is 0 Å². The molecule has 0 aromatic carbocycles. The predicted molar refractivity (Wildman–Crippen MR) is 65.0 cm³/mol. The van der Waals surface area contributed by atoms with Crippen molar-refractivity contribution < 1.29 is 0 Å². The highest BCUT2D eigenvalue weighted by Crippen LogP contribution is 2.31. The van der Waals surface area contributed by atoms with Crippen LogP contribution in [0.3, 0.4) is 0 Å². The van der Waals surface area contributed by atoms with Crippen LogP contribution in [0.5, 0.6) is 0 Å². The van der Waals surface area contributed by atoms with Crippen molar-refractivity contribution in [3.63, 3.8) is 0 Å². The molecule has 0 radical (unpaired) electrons. The molecule has 1 aromatic rings. The van der Waals surface area contributed by atoms with Gasteiger partial charge in [-0.25, -0.2) is 0 Å². The number of aryl methyl sites for hydroxylation is 1. The Bertz CT molecular complexity index is 311. The van der Waals surface area contributed by atoms with E-state index in [1.165, 1.54) is 19.3 Å². The lowest BCUT2D eigenvalue weighted by molar-refractivity contribution is 0.385. The van der Waals surface area contributed by atoms with Gasteiger partial charge >= 0.3 is 0 Å². The summed E-state index contributed by atoms with van der Waals surface area (Å²) in [6.07, 6.45) is 4.96. The molecule has 1 aliphatic rings. The van der Waals surface area contributed by atoms with Crippen molar-refractivity contribution in [2.24, 2.45) is 0 Å². The first-order chi connectivity index (χ1) is 7.31. The number of alkyl halides is 1. The minimum atomic E-state index is 0.681. The number of nitrogens with zero attached hydrogens (tertiary/aromatic N) is 3. The number of rotatable bonds is 5. The Balaban J connectivity index is 2.03. The molecule has 0 saturated heterocycles. The third-order valence-corrected chi connectivity index (χ3v) is 3.95. The maximum Gasteiger partial charge on any atom is 0.208 e. The van der Waals surface area contributed by atoms with E-state index in [9.17, 15) is 0 Å². The molecule has 0 unspecified atom stereocenters. The van der Waals surface area contributed by atoms with E-state index in [0.717, 1.165) is 29.0 Å². The van der Waals surface area contributed by atoms with E-state index >= 15 is 0 Å². The normalized spacial score (nSPS) is 16.4. The van der Waals surface area contributed by atoms with E-state index in [4.69, 9.17) is 11.6 Å². The zero-order valence-electron chi connectivity index (χ0n) is 8.95. The first kappa shape index (κ1) is 11.1. The summed E-state index contributed by atoms with van der Waals surface area (Å²) >= 11 is 7.43. The standard InChI is InChI=1S/C10H16ClN3S/c1-8-12-13-10(15-8)14(7-3-6-11)9-4-2-5-9/h9H,2-7H2,1H3. The molecule has 84 valence electrons. The first-order valence-electron chi connectivity index (χ1n) is 5.44. The third kappa shape index (κ3) is 2.61. The molecule has 1 fully saturated rings. The van der Waals surface area contributed by atoms with Gasteiger partial charge in [0.25, 0.3) is 0 Å². The van der Waals surface area contributed by atoms with Crippen molar-refractivity contribution in [2.75, 3.05) is 17.3 Å². The van der Waals surface area contributed by atoms with Gasteiger partial charge in [-0.2, -0.15) is 0 Å². The summed E-state index contributed by atoms with van der Waals surface area (Å²) in [6, 6.07) is 0.681. The van der Waals surface area contributed by atoms with Crippen molar-refractivity contribution in [1.29, 1.82) is 0 Å². The van der Waals surface area contributed by atoms with Crippen LogP contribution >= 0.6 is 22.9 Å². The van der Waals surface area contributed by atoms with E-state index in [-0.39, 0.29) is 0 Å². The fraction of sp³-hybridized carbons (Fsp3) is 0.800. The second-order valence-electron chi connectivity index (χ2n) is 3.92. The van der Waals surface area contributed by atoms with E-state index < -0.39 is 0 Å². The predicted octanol–water partition coefficient (Wildman–Crippen LogP) is 2.83. The molecular formula is C10H16ClN3S. The van der Waals surface area contributed by atoms with Crippen LogP contribution in [0.1, 0.15) is 30.7 Å². The lowest BCUT2D eigenvalue weighted by atomic mass is 9.92.